The van der Waals surface area contributed by atoms with Crippen LogP contribution < -0.4 is 0 Å². The van der Waals surface area contributed by atoms with Gasteiger partial charge in [-0.2, -0.15) is 0 Å². The van der Waals surface area contributed by atoms with Crippen LogP contribution in [0.1, 0.15) is 30.2 Å². The zero-order valence-electron chi connectivity index (χ0n) is 9.53. The van der Waals surface area contributed by atoms with Crippen molar-refractivity contribution in [2.75, 3.05) is 7.11 Å². The number of rotatable bonds is 4. The number of carbonyl (C=O) groups is 1. The lowest BCUT2D eigenvalue weighted by atomic mass is 10.3. The van der Waals surface area contributed by atoms with Gasteiger partial charge in [-0.15, -0.1) is 0 Å². The van der Waals surface area contributed by atoms with Crippen molar-refractivity contribution in [3.05, 3.63) is 23.4 Å². The van der Waals surface area contributed by atoms with E-state index in [2.05, 4.69) is 15.8 Å². The SMILES string of the molecule is COC(=O)Cc1nc(/C=C/C2CC2)oc1C. The van der Waals surface area contributed by atoms with Gasteiger partial charge in [0, 0.05) is 0 Å². The average molecular weight is 221 g/mol. The van der Waals surface area contributed by atoms with Gasteiger partial charge < -0.3 is 9.15 Å². The van der Waals surface area contributed by atoms with Crippen molar-refractivity contribution in [1.29, 1.82) is 0 Å². The fourth-order valence-corrected chi connectivity index (χ4v) is 1.40. The largest absolute Gasteiger partial charge is 0.469 e. The number of carbonyl (C=O) groups excluding carboxylic acids is 1. The Kier molecular flexibility index (Phi) is 3.08. The van der Waals surface area contributed by atoms with Crippen LogP contribution in [0.25, 0.3) is 6.08 Å². The minimum absolute atomic E-state index is 0.170. The van der Waals surface area contributed by atoms with Crippen LogP contribution >= 0.6 is 0 Å². The number of oxazole rings is 1. The van der Waals surface area contributed by atoms with E-state index >= 15 is 0 Å². The van der Waals surface area contributed by atoms with Crippen molar-refractivity contribution in [2.45, 2.75) is 26.2 Å². The Morgan fingerprint density at radius 3 is 3.00 bits per heavy atom. The number of ether oxygens (including phenoxy) is 1. The van der Waals surface area contributed by atoms with Gasteiger partial charge in [-0.25, -0.2) is 4.98 Å². The predicted molar refractivity (Wildman–Crippen MR) is 58.7 cm³/mol. The first-order valence-corrected chi connectivity index (χ1v) is 5.40. The molecule has 1 aliphatic carbocycles. The summed E-state index contributed by atoms with van der Waals surface area (Å²) in [5, 5.41) is 0. The van der Waals surface area contributed by atoms with Crippen molar-refractivity contribution >= 4 is 12.0 Å². The molecule has 4 nitrogen and oxygen atoms in total. The van der Waals surface area contributed by atoms with Crippen molar-refractivity contribution < 1.29 is 13.9 Å². The summed E-state index contributed by atoms with van der Waals surface area (Å²) in [4.78, 5) is 15.3. The number of methoxy groups -OCH3 is 1. The molecule has 0 unspecified atom stereocenters. The van der Waals surface area contributed by atoms with E-state index in [0.29, 0.717) is 23.3 Å². The lowest BCUT2D eigenvalue weighted by molar-refractivity contribution is -0.139. The zero-order chi connectivity index (χ0) is 11.5. The van der Waals surface area contributed by atoms with Crippen LogP contribution in [0, 0.1) is 12.8 Å². The summed E-state index contributed by atoms with van der Waals surface area (Å²) in [6, 6.07) is 0. The molecule has 0 aliphatic heterocycles. The molecule has 1 fully saturated rings. The average Bonchev–Trinajstić information content (AvgIpc) is 3.03. The van der Waals surface area contributed by atoms with Crippen molar-refractivity contribution in [3.63, 3.8) is 0 Å². The quantitative estimate of drug-likeness (QED) is 0.731. The van der Waals surface area contributed by atoms with Crippen molar-refractivity contribution in [1.82, 2.24) is 4.98 Å². The first kappa shape index (κ1) is 10.9. The van der Waals surface area contributed by atoms with Gasteiger partial charge in [0.05, 0.1) is 19.2 Å². The van der Waals surface area contributed by atoms with Crippen LogP contribution in [0.2, 0.25) is 0 Å². The fourth-order valence-electron chi connectivity index (χ4n) is 1.40. The number of allylic oxidation sites excluding steroid dienone is 1. The highest BCUT2D eigenvalue weighted by molar-refractivity contribution is 5.72. The van der Waals surface area contributed by atoms with E-state index in [4.69, 9.17) is 4.42 Å². The third-order valence-corrected chi connectivity index (χ3v) is 2.58. The van der Waals surface area contributed by atoms with Gasteiger partial charge in [-0.1, -0.05) is 6.08 Å². The van der Waals surface area contributed by atoms with E-state index in [1.165, 1.54) is 20.0 Å². The summed E-state index contributed by atoms with van der Waals surface area (Å²) in [5.74, 6) is 1.65. The second-order valence-corrected chi connectivity index (χ2v) is 4.00. The first-order chi connectivity index (χ1) is 7.69. The molecule has 0 amide bonds. The van der Waals surface area contributed by atoms with E-state index in [1.807, 2.05) is 6.08 Å². The zero-order valence-corrected chi connectivity index (χ0v) is 9.53. The Hall–Kier alpha value is -1.58. The topological polar surface area (TPSA) is 52.3 Å². The van der Waals surface area contributed by atoms with Crippen molar-refractivity contribution in [3.8, 4) is 0 Å². The molecule has 0 radical (unpaired) electrons. The molecular weight excluding hydrogens is 206 g/mol. The number of nitrogens with zero attached hydrogens (tertiary/aromatic N) is 1. The summed E-state index contributed by atoms with van der Waals surface area (Å²) >= 11 is 0. The van der Waals surface area contributed by atoms with Crippen LogP contribution in [-0.2, 0) is 16.0 Å². The van der Waals surface area contributed by atoms with Crippen LogP contribution in [0.4, 0.5) is 0 Å². The summed E-state index contributed by atoms with van der Waals surface area (Å²) in [6.45, 7) is 1.81. The number of aryl methyl sites for hydroxylation is 1. The van der Waals surface area contributed by atoms with Gasteiger partial charge >= 0.3 is 5.97 Å². The smallest absolute Gasteiger partial charge is 0.311 e. The molecule has 16 heavy (non-hydrogen) atoms. The summed E-state index contributed by atoms with van der Waals surface area (Å²) in [6.07, 6.45) is 6.66. The molecule has 0 aromatic carbocycles. The minimum Gasteiger partial charge on any atom is -0.469 e. The highest BCUT2D eigenvalue weighted by atomic mass is 16.5. The molecule has 0 saturated heterocycles. The Morgan fingerprint density at radius 1 is 1.62 bits per heavy atom. The van der Waals surface area contributed by atoms with Gasteiger partial charge in [-0.3, -0.25) is 4.79 Å². The number of esters is 1. The highest BCUT2D eigenvalue weighted by Gasteiger charge is 2.18. The third-order valence-electron chi connectivity index (χ3n) is 2.58. The Bertz CT molecular complexity index is 416. The van der Waals surface area contributed by atoms with Gasteiger partial charge in [0.15, 0.2) is 0 Å². The second-order valence-electron chi connectivity index (χ2n) is 4.00. The molecular formula is C12H15NO3. The Labute approximate surface area is 94.3 Å². The molecule has 1 saturated carbocycles. The molecule has 0 bridgehead atoms. The normalized spacial score (nSPS) is 15.6. The van der Waals surface area contributed by atoms with E-state index in [9.17, 15) is 4.79 Å². The monoisotopic (exact) mass is 221 g/mol. The lowest BCUT2D eigenvalue weighted by Gasteiger charge is -1.94. The van der Waals surface area contributed by atoms with Gasteiger partial charge in [0.25, 0.3) is 0 Å². The molecule has 1 aromatic heterocycles. The molecule has 86 valence electrons. The Morgan fingerprint density at radius 2 is 2.38 bits per heavy atom. The second kappa shape index (κ2) is 4.51. The Balaban J connectivity index is 2.05. The van der Waals surface area contributed by atoms with Gasteiger partial charge in [-0.05, 0) is 31.8 Å². The number of aromatic nitrogens is 1. The summed E-state index contributed by atoms with van der Waals surface area (Å²) in [7, 11) is 1.37. The molecule has 0 spiro atoms. The standard InChI is InChI=1S/C12H15NO3/c1-8-10(7-12(14)15-2)13-11(16-8)6-5-9-3-4-9/h5-6,9H,3-4,7H2,1-2H3/b6-5+. The van der Waals surface area contributed by atoms with Crippen LogP contribution in [0.3, 0.4) is 0 Å². The van der Waals surface area contributed by atoms with E-state index in [1.54, 1.807) is 6.92 Å². The lowest BCUT2D eigenvalue weighted by Crippen LogP contribution is -2.05. The third kappa shape index (κ3) is 2.72. The predicted octanol–water partition coefficient (Wildman–Crippen LogP) is 2.12. The van der Waals surface area contributed by atoms with E-state index in [0.717, 1.165) is 0 Å². The molecule has 1 aliphatic rings. The van der Waals surface area contributed by atoms with Crippen LogP contribution in [0.5, 0.6) is 0 Å². The molecule has 0 N–H and O–H groups in total. The van der Waals surface area contributed by atoms with Crippen LogP contribution in [0.15, 0.2) is 10.5 Å². The maximum Gasteiger partial charge on any atom is 0.311 e. The maximum atomic E-state index is 11.1. The highest BCUT2D eigenvalue weighted by Crippen LogP contribution is 2.30. The minimum atomic E-state index is -0.297. The molecule has 4 heteroatoms. The molecule has 1 heterocycles. The van der Waals surface area contributed by atoms with E-state index in [-0.39, 0.29) is 12.4 Å². The van der Waals surface area contributed by atoms with Gasteiger partial charge in [0.2, 0.25) is 5.89 Å². The number of hydrogen-bond donors (Lipinski definition) is 0. The molecule has 1 aromatic rings. The molecule has 0 atom stereocenters. The van der Waals surface area contributed by atoms with Crippen LogP contribution in [-0.4, -0.2) is 18.1 Å². The van der Waals surface area contributed by atoms with Gasteiger partial charge in [0.1, 0.15) is 5.76 Å². The first-order valence-electron chi connectivity index (χ1n) is 5.40. The number of hydrogen-bond acceptors (Lipinski definition) is 4. The molecule has 2 rings (SSSR count). The van der Waals surface area contributed by atoms with E-state index < -0.39 is 0 Å². The maximum absolute atomic E-state index is 11.1. The van der Waals surface area contributed by atoms with Crippen molar-refractivity contribution in [2.24, 2.45) is 5.92 Å². The summed E-state index contributed by atoms with van der Waals surface area (Å²) < 4.78 is 10.0. The summed E-state index contributed by atoms with van der Waals surface area (Å²) in [5.41, 5.74) is 0.655. The fraction of sp³-hybridized carbons (Fsp3) is 0.500.